The van der Waals surface area contributed by atoms with Gasteiger partial charge in [0.25, 0.3) is 0 Å². The summed E-state index contributed by atoms with van der Waals surface area (Å²) < 4.78 is 9.85. The summed E-state index contributed by atoms with van der Waals surface area (Å²) in [5.41, 5.74) is 12.4. The maximum atomic E-state index is 5.57. The standard InChI is InChI=1S/C51H32N4S/c1-5-17-33(18-6-1)37-26-15-27-40-41-28-16-30-44(49(41)56-48(37)40)55-43-29-14-13-25-38(43)39-31-32-42-46(45(39)55)53(35-21-9-3-10-22-35)51-47(42)54(36-23-11-4-12-24-36)50(52-51)34-19-7-2-8-20-34/h1-32H. The van der Waals surface area contributed by atoms with Crippen LogP contribution in [0, 0.1) is 0 Å². The number of hydrogen-bond donors (Lipinski definition) is 0. The van der Waals surface area contributed by atoms with Crippen molar-refractivity contribution >= 4 is 75.4 Å². The molecule has 0 amide bonds. The van der Waals surface area contributed by atoms with Gasteiger partial charge in [0.05, 0.1) is 26.9 Å². The van der Waals surface area contributed by atoms with Crippen LogP contribution >= 0.6 is 11.3 Å². The molecule has 0 saturated carbocycles. The van der Waals surface area contributed by atoms with Gasteiger partial charge in [-0.15, -0.1) is 11.3 Å². The van der Waals surface area contributed by atoms with E-state index in [1.807, 2.05) is 11.3 Å². The minimum atomic E-state index is 0.915. The van der Waals surface area contributed by atoms with Crippen LogP contribution in [0.25, 0.3) is 104 Å². The minimum absolute atomic E-state index is 0.915. The van der Waals surface area contributed by atoms with Gasteiger partial charge in [0, 0.05) is 48.6 Å². The van der Waals surface area contributed by atoms with Crippen molar-refractivity contribution in [3.8, 4) is 39.6 Å². The molecule has 0 saturated heterocycles. The largest absolute Gasteiger partial charge is 0.306 e. The molecule has 0 aliphatic carbocycles. The molecule has 0 bridgehead atoms. The number of hydrogen-bond acceptors (Lipinski definition) is 2. The van der Waals surface area contributed by atoms with Gasteiger partial charge < -0.3 is 4.57 Å². The number of fused-ring (bicyclic) bond motifs is 10. The number of rotatable bonds is 5. The van der Waals surface area contributed by atoms with Crippen molar-refractivity contribution in [3.63, 3.8) is 0 Å². The van der Waals surface area contributed by atoms with Crippen molar-refractivity contribution in [1.82, 2.24) is 18.7 Å². The lowest BCUT2D eigenvalue weighted by molar-refractivity contribution is 1.09. The zero-order valence-electron chi connectivity index (χ0n) is 30.2. The van der Waals surface area contributed by atoms with Gasteiger partial charge in [0.2, 0.25) is 0 Å². The summed E-state index contributed by atoms with van der Waals surface area (Å²) in [6.45, 7) is 0. The maximum Gasteiger partial charge on any atom is 0.165 e. The molecule has 56 heavy (non-hydrogen) atoms. The maximum absolute atomic E-state index is 5.57. The van der Waals surface area contributed by atoms with Gasteiger partial charge in [-0.1, -0.05) is 152 Å². The summed E-state index contributed by atoms with van der Waals surface area (Å²) in [5, 5.41) is 6.14. The van der Waals surface area contributed by atoms with E-state index in [1.165, 1.54) is 58.8 Å². The molecule has 0 atom stereocenters. The number of para-hydroxylation sites is 3. The van der Waals surface area contributed by atoms with E-state index in [0.717, 1.165) is 44.8 Å². The quantitative estimate of drug-likeness (QED) is 0.173. The van der Waals surface area contributed by atoms with E-state index < -0.39 is 0 Å². The molecule has 12 rings (SSSR count). The van der Waals surface area contributed by atoms with Gasteiger partial charge in [-0.05, 0) is 53.6 Å². The molecule has 0 spiro atoms. The van der Waals surface area contributed by atoms with Gasteiger partial charge in [-0.3, -0.25) is 9.13 Å². The molecule has 4 aromatic heterocycles. The Hall–Kier alpha value is -7.21. The van der Waals surface area contributed by atoms with E-state index in [2.05, 4.69) is 208 Å². The summed E-state index contributed by atoms with van der Waals surface area (Å²) in [6, 6.07) is 69.8. The Balaban J connectivity index is 1.27. The highest BCUT2D eigenvalue weighted by atomic mass is 32.1. The first-order valence-corrected chi connectivity index (χ1v) is 19.8. The average molecular weight is 733 g/mol. The van der Waals surface area contributed by atoms with E-state index in [9.17, 15) is 0 Å². The number of benzene rings is 8. The zero-order valence-corrected chi connectivity index (χ0v) is 31.0. The second-order valence-corrected chi connectivity index (χ2v) is 15.4. The van der Waals surface area contributed by atoms with Crippen LogP contribution in [-0.2, 0) is 0 Å². The molecule has 8 aromatic carbocycles. The monoisotopic (exact) mass is 732 g/mol. The fourth-order valence-corrected chi connectivity index (χ4v) is 10.2. The van der Waals surface area contributed by atoms with E-state index in [0.29, 0.717) is 0 Å². The third-order valence-electron chi connectivity index (χ3n) is 11.2. The summed E-state index contributed by atoms with van der Waals surface area (Å²) in [5.74, 6) is 0.915. The molecule has 0 aliphatic rings. The molecule has 5 heteroatoms. The van der Waals surface area contributed by atoms with E-state index in [4.69, 9.17) is 4.98 Å². The molecule has 0 aliphatic heterocycles. The Kier molecular flexibility index (Phi) is 6.76. The Labute approximate surface area is 326 Å². The predicted molar refractivity (Wildman–Crippen MR) is 236 cm³/mol. The SMILES string of the molecule is c1ccc(-c2cccc3c2sc2c(-n4c5ccccc5c5ccc6c7c(nc(-c8ccccc8)n7-c7ccccc7)n(-c7ccccc7)c6c54)cccc23)cc1. The van der Waals surface area contributed by atoms with Gasteiger partial charge in [0.1, 0.15) is 11.3 Å². The summed E-state index contributed by atoms with van der Waals surface area (Å²) in [4.78, 5) is 5.57. The van der Waals surface area contributed by atoms with Gasteiger partial charge >= 0.3 is 0 Å². The Morgan fingerprint density at radius 3 is 1.64 bits per heavy atom. The van der Waals surface area contributed by atoms with Crippen molar-refractivity contribution in [2.24, 2.45) is 0 Å². The number of aromatic nitrogens is 4. The number of nitrogens with zero attached hydrogens (tertiary/aromatic N) is 4. The number of thiophene rings is 1. The molecule has 12 aromatic rings. The molecule has 4 nitrogen and oxygen atoms in total. The Bertz CT molecular complexity index is 3450. The molecule has 0 unspecified atom stereocenters. The van der Waals surface area contributed by atoms with Crippen LogP contribution in [0.2, 0.25) is 0 Å². The molecule has 0 radical (unpaired) electrons. The highest BCUT2D eigenvalue weighted by molar-refractivity contribution is 7.26. The van der Waals surface area contributed by atoms with Gasteiger partial charge in [-0.2, -0.15) is 0 Å². The normalized spacial score (nSPS) is 11.9. The Morgan fingerprint density at radius 2 is 0.911 bits per heavy atom. The van der Waals surface area contributed by atoms with Crippen molar-refractivity contribution < 1.29 is 0 Å². The summed E-state index contributed by atoms with van der Waals surface area (Å²) in [6.07, 6.45) is 0. The van der Waals surface area contributed by atoms with E-state index in [-0.39, 0.29) is 0 Å². The Morgan fingerprint density at radius 1 is 0.357 bits per heavy atom. The molecule has 262 valence electrons. The lowest BCUT2D eigenvalue weighted by Crippen LogP contribution is -2.00. The number of imidazole rings is 1. The lowest BCUT2D eigenvalue weighted by Gasteiger charge is -2.13. The third kappa shape index (κ3) is 4.43. The van der Waals surface area contributed by atoms with E-state index >= 15 is 0 Å². The predicted octanol–water partition coefficient (Wildman–Crippen LogP) is 13.8. The summed E-state index contributed by atoms with van der Waals surface area (Å²) >= 11 is 1.89. The lowest BCUT2D eigenvalue weighted by atomic mass is 10.0. The van der Waals surface area contributed by atoms with Crippen LogP contribution < -0.4 is 0 Å². The third-order valence-corrected chi connectivity index (χ3v) is 12.5. The molecule has 4 heterocycles. The highest BCUT2D eigenvalue weighted by Gasteiger charge is 2.27. The van der Waals surface area contributed by atoms with Gasteiger partial charge in [0.15, 0.2) is 5.65 Å². The van der Waals surface area contributed by atoms with Crippen LogP contribution in [0.15, 0.2) is 194 Å². The van der Waals surface area contributed by atoms with Crippen molar-refractivity contribution in [2.45, 2.75) is 0 Å². The van der Waals surface area contributed by atoms with Crippen LogP contribution in [0.4, 0.5) is 0 Å². The average Bonchev–Trinajstić information content (AvgIpc) is 4.02. The van der Waals surface area contributed by atoms with Crippen LogP contribution in [-0.4, -0.2) is 18.7 Å². The molecular formula is C51H32N4S. The zero-order chi connectivity index (χ0) is 36.7. The molecule has 0 fully saturated rings. The second kappa shape index (κ2) is 12.2. The highest BCUT2D eigenvalue weighted by Crippen LogP contribution is 2.47. The van der Waals surface area contributed by atoms with E-state index in [1.54, 1.807) is 0 Å². The van der Waals surface area contributed by atoms with Crippen molar-refractivity contribution in [1.29, 1.82) is 0 Å². The van der Waals surface area contributed by atoms with Crippen molar-refractivity contribution in [3.05, 3.63) is 194 Å². The minimum Gasteiger partial charge on any atom is -0.306 e. The first-order chi connectivity index (χ1) is 27.8. The van der Waals surface area contributed by atoms with Crippen LogP contribution in [0.1, 0.15) is 0 Å². The summed E-state index contributed by atoms with van der Waals surface area (Å²) in [7, 11) is 0. The fraction of sp³-hybridized carbons (Fsp3) is 0. The molecular weight excluding hydrogens is 701 g/mol. The molecule has 0 N–H and O–H groups in total. The fourth-order valence-electron chi connectivity index (χ4n) is 8.88. The van der Waals surface area contributed by atoms with Crippen molar-refractivity contribution in [2.75, 3.05) is 0 Å². The smallest absolute Gasteiger partial charge is 0.165 e. The van der Waals surface area contributed by atoms with Gasteiger partial charge in [-0.25, -0.2) is 4.98 Å². The van der Waals surface area contributed by atoms with Crippen LogP contribution in [0.3, 0.4) is 0 Å². The first-order valence-electron chi connectivity index (χ1n) is 19.0. The first kappa shape index (κ1) is 31.2. The second-order valence-electron chi connectivity index (χ2n) is 14.3. The van der Waals surface area contributed by atoms with Crippen LogP contribution in [0.5, 0.6) is 0 Å². The topological polar surface area (TPSA) is 27.7 Å².